The molecule has 2 aromatic rings. The molecule has 0 unspecified atom stereocenters. The number of carbonyl (C=O) groups excluding carboxylic acids is 1. The van der Waals surface area contributed by atoms with Gasteiger partial charge in [0.25, 0.3) is 0 Å². The molecule has 2 heterocycles. The smallest absolute Gasteiger partial charge is 0.410 e. The summed E-state index contributed by atoms with van der Waals surface area (Å²) >= 11 is 0. The Kier molecular flexibility index (Phi) is 6.31. The van der Waals surface area contributed by atoms with Crippen LogP contribution in [0.1, 0.15) is 39.2 Å². The van der Waals surface area contributed by atoms with Crippen molar-refractivity contribution in [3.63, 3.8) is 0 Å². The van der Waals surface area contributed by atoms with Gasteiger partial charge in [-0.3, -0.25) is 0 Å². The van der Waals surface area contributed by atoms with Gasteiger partial charge in [0.15, 0.2) is 5.94 Å². The summed E-state index contributed by atoms with van der Waals surface area (Å²) in [5.74, 6) is 1.32. The second kappa shape index (κ2) is 8.89. The minimum Gasteiger partial charge on any atom is -0.493 e. The molecule has 7 nitrogen and oxygen atoms in total. The predicted octanol–water partition coefficient (Wildman–Crippen LogP) is 4.81. The molecule has 0 aromatic heterocycles. The van der Waals surface area contributed by atoms with Crippen LogP contribution in [-0.2, 0) is 14.6 Å². The number of hydrogen-bond acceptors (Lipinski definition) is 6. The highest BCUT2D eigenvalue weighted by atomic mass is 32.2. The highest BCUT2D eigenvalue weighted by Crippen LogP contribution is 2.36. The molecule has 178 valence electrons. The number of ether oxygens (including phenoxy) is 3. The van der Waals surface area contributed by atoms with Gasteiger partial charge in [0.05, 0.1) is 6.61 Å². The Balaban J connectivity index is 1.33. The third kappa shape index (κ3) is 5.43. The summed E-state index contributed by atoms with van der Waals surface area (Å²) in [6, 6.07) is 11.1. The van der Waals surface area contributed by atoms with Crippen molar-refractivity contribution in [1.29, 1.82) is 0 Å². The molecule has 1 amide bonds. The van der Waals surface area contributed by atoms with E-state index in [2.05, 4.69) is 0 Å². The largest absolute Gasteiger partial charge is 0.493 e. The Hall–Kier alpha value is -2.74. The van der Waals surface area contributed by atoms with Gasteiger partial charge in [0.2, 0.25) is 9.84 Å². The topological polar surface area (TPSA) is 82.1 Å². The van der Waals surface area contributed by atoms with Gasteiger partial charge in [-0.25, -0.2) is 13.2 Å². The van der Waals surface area contributed by atoms with Crippen LogP contribution in [0, 0.1) is 12.8 Å². The van der Waals surface area contributed by atoms with Crippen LogP contribution in [0.3, 0.4) is 0 Å². The molecular formula is C25H31NO6S. The van der Waals surface area contributed by atoms with Crippen molar-refractivity contribution in [2.75, 3.05) is 25.6 Å². The standard InChI is InChI=1S/C25H31NO6S/c1-17-13-19(20-6-8-23-22(14-20)31-16-33(23,28)29)5-7-21(17)30-15-18-9-11-26(12-10-18)24(27)32-25(2,3)4/h5-8,13-14,18H,9-12,15-16H2,1-4H3. The first-order valence-corrected chi connectivity index (χ1v) is 12.9. The molecule has 0 atom stereocenters. The van der Waals surface area contributed by atoms with Gasteiger partial charge in [0.1, 0.15) is 22.0 Å². The van der Waals surface area contributed by atoms with E-state index in [1.165, 1.54) is 0 Å². The molecule has 8 heteroatoms. The molecule has 0 aliphatic carbocycles. The van der Waals surface area contributed by atoms with E-state index in [1.54, 1.807) is 23.1 Å². The van der Waals surface area contributed by atoms with Gasteiger partial charge in [-0.15, -0.1) is 0 Å². The molecule has 2 aromatic carbocycles. The Labute approximate surface area is 195 Å². The van der Waals surface area contributed by atoms with Gasteiger partial charge in [-0.05, 0) is 87.4 Å². The summed E-state index contributed by atoms with van der Waals surface area (Å²) in [5.41, 5.74) is 2.40. The highest BCUT2D eigenvalue weighted by Gasteiger charge is 2.29. The summed E-state index contributed by atoms with van der Waals surface area (Å²) in [6.45, 7) is 9.59. The summed E-state index contributed by atoms with van der Waals surface area (Å²) < 4.78 is 40.8. The second-order valence-corrected chi connectivity index (χ2v) is 11.6. The molecule has 0 radical (unpaired) electrons. The number of benzene rings is 2. The van der Waals surface area contributed by atoms with Gasteiger partial charge in [-0.2, -0.15) is 0 Å². The number of hydrogen-bond donors (Lipinski definition) is 0. The first-order valence-electron chi connectivity index (χ1n) is 11.2. The van der Waals surface area contributed by atoms with E-state index in [0.29, 0.717) is 31.4 Å². The monoisotopic (exact) mass is 473 g/mol. The predicted molar refractivity (Wildman–Crippen MR) is 125 cm³/mol. The van der Waals surface area contributed by atoms with Gasteiger partial charge >= 0.3 is 6.09 Å². The fourth-order valence-electron chi connectivity index (χ4n) is 4.07. The third-order valence-corrected chi connectivity index (χ3v) is 7.33. The van der Waals surface area contributed by atoms with Gasteiger partial charge in [0, 0.05) is 13.1 Å². The Morgan fingerprint density at radius 1 is 1.09 bits per heavy atom. The quantitative estimate of drug-likeness (QED) is 0.634. The van der Waals surface area contributed by atoms with Gasteiger partial charge < -0.3 is 19.1 Å². The van der Waals surface area contributed by atoms with Crippen LogP contribution in [0.15, 0.2) is 41.3 Å². The average molecular weight is 474 g/mol. The number of amides is 1. The van der Waals surface area contributed by atoms with E-state index in [-0.39, 0.29) is 16.9 Å². The number of piperidine rings is 1. The third-order valence-electron chi connectivity index (χ3n) is 5.90. The lowest BCUT2D eigenvalue weighted by Gasteiger charge is -2.33. The maximum atomic E-state index is 12.2. The van der Waals surface area contributed by atoms with Crippen LogP contribution < -0.4 is 9.47 Å². The van der Waals surface area contributed by atoms with Crippen LogP contribution in [0.25, 0.3) is 11.1 Å². The zero-order valence-electron chi connectivity index (χ0n) is 19.6. The van der Waals surface area contributed by atoms with Crippen molar-refractivity contribution in [3.05, 3.63) is 42.0 Å². The number of carbonyl (C=O) groups is 1. The zero-order chi connectivity index (χ0) is 23.8. The summed E-state index contributed by atoms with van der Waals surface area (Å²) in [5, 5.41) is 0. The van der Waals surface area contributed by atoms with E-state index in [9.17, 15) is 13.2 Å². The fourth-order valence-corrected chi connectivity index (χ4v) is 5.18. The van der Waals surface area contributed by atoms with Crippen molar-refractivity contribution >= 4 is 15.9 Å². The summed E-state index contributed by atoms with van der Waals surface area (Å²) in [6.07, 6.45) is 1.52. The maximum Gasteiger partial charge on any atom is 0.410 e. The minimum absolute atomic E-state index is 0.247. The lowest BCUT2D eigenvalue weighted by Crippen LogP contribution is -2.42. The highest BCUT2D eigenvalue weighted by molar-refractivity contribution is 7.91. The van der Waals surface area contributed by atoms with Crippen LogP contribution in [0.4, 0.5) is 4.79 Å². The number of rotatable bonds is 4. The van der Waals surface area contributed by atoms with Gasteiger partial charge in [-0.1, -0.05) is 12.1 Å². The Bertz CT molecular complexity index is 1140. The van der Waals surface area contributed by atoms with E-state index >= 15 is 0 Å². The van der Waals surface area contributed by atoms with Crippen LogP contribution in [0.5, 0.6) is 11.5 Å². The first-order chi connectivity index (χ1) is 15.5. The molecule has 4 rings (SSSR count). The molecule has 2 aliphatic rings. The molecule has 1 fully saturated rings. The maximum absolute atomic E-state index is 12.2. The average Bonchev–Trinajstić information content (AvgIpc) is 3.06. The van der Waals surface area contributed by atoms with E-state index in [4.69, 9.17) is 14.2 Å². The number of sulfone groups is 1. The van der Waals surface area contributed by atoms with Crippen LogP contribution in [-0.4, -0.2) is 50.6 Å². The molecule has 2 aliphatic heterocycles. The fraction of sp³-hybridized carbons (Fsp3) is 0.480. The van der Waals surface area contributed by atoms with Crippen molar-refractivity contribution in [2.24, 2.45) is 5.92 Å². The lowest BCUT2D eigenvalue weighted by molar-refractivity contribution is 0.0165. The molecule has 1 saturated heterocycles. The zero-order valence-corrected chi connectivity index (χ0v) is 20.4. The molecule has 0 spiro atoms. The second-order valence-electron chi connectivity index (χ2n) is 9.74. The molecular weight excluding hydrogens is 442 g/mol. The van der Waals surface area contributed by atoms with Crippen LogP contribution >= 0.6 is 0 Å². The number of nitrogens with zero attached hydrogens (tertiary/aromatic N) is 1. The van der Waals surface area contributed by atoms with E-state index < -0.39 is 15.4 Å². The van der Waals surface area contributed by atoms with Crippen molar-refractivity contribution < 1.29 is 27.4 Å². The molecule has 0 bridgehead atoms. The normalized spacial score (nSPS) is 17.9. The van der Waals surface area contributed by atoms with Crippen molar-refractivity contribution in [3.8, 4) is 22.6 Å². The summed E-state index contributed by atoms with van der Waals surface area (Å²) in [7, 11) is -3.32. The number of aryl methyl sites for hydroxylation is 1. The van der Waals surface area contributed by atoms with Crippen molar-refractivity contribution in [1.82, 2.24) is 4.90 Å². The SMILES string of the molecule is Cc1cc(-c2ccc3c(c2)OCS3(=O)=O)ccc1OCC1CCN(C(=O)OC(C)(C)C)CC1. The first kappa shape index (κ1) is 23.4. The molecule has 0 N–H and O–H groups in total. The minimum atomic E-state index is -3.32. The Morgan fingerprint density at radius 3 is 2.42 bits per heavy atom. The van der Waals surface area contributed by atoms with E-state index in [0.717, 1.165) is 35.3 Å². The number of fused-ring (bicyclic) bond motifs is 1. The number of likely N-dealkylation sites (tertiary alicyclic amines) is 1. The molecule has 33 heavy (non-hydrogen) atoms. The lowest BCUT2D eigenvalue weighted by atomic mass is 9.98. The van der Waals surface area contributed by atoms with Crippen LogP contribution in [0.2, 0.25) is 0 Å². The van der Waals surface area contributed by atoms with E-state index in [1.807, 2.05) is 45.9 Å². The summed E-state index contributed by atoms with van der Waals surface area (Å²) in [4.78, 5) is 14.2. The molecule has 0 saturated carbocycles. The Morgan fingerprint density at radius 2 is 1.76 bits per heavy atom. The van der Waals surface area contributed by atoms with Crippen molar-refractivity contribution in [2.45, 2.75) is 51.0 Å².